The van der Waals surface area contributed by atoms with E-state index in [4.69, 9.17) is 4.74 Å². The molecular formula is C31H30N2O4. The van der Waals surface area contributed by atoms with Gasteiger partial charge in [-0.1, -0.05) is 68.3 Å². The van der Waals surface area contributed by atoms with E-state index in [2.05, 4.69) is 29.6 Å². The maximum Gasteiger partial charge on any atom is 0.247 e. The highest BCUT2D eigenvalue weighted by Gasteiger charge is 2.62. The maximum atomic E-state index is 14.1. The topological polar surface area (TPSA) is 75.7 Å². The molecule has 3 aliphatic carbocycles. The zero-order valence-corrected chi connectivity index (χ0v) is 21.0. The predicted molar refractivity (Wildman–Crippen MR) is 140 cm³/mol. The van der Waals surface area contributed by atoms with Gasteiger partial charge in [-0.2, -0.15) is 0 Å². The molecule has 0 spiro atoms. The zero-order valence-electron chi connectivity index (χ0n) is 21.0. The fraction of sp³-hybridized carbons (Fsp3) is 0.323. The number of nitrogens with one attached hydrogen (secondary N) is 1. The molecule has 3 atom stereocenters. The van der Waals surface area contributed by atoms with Gasteiger partial charge >= 0.3 is 0 Å². The Hall–Kier alpha value is -3.93. The van der Waals surface area contributed by atoms with Gasteiger partial charge in [0.15, 0.2) is 0 Å². The molecule has 0 aromatic heterocycles. The number of likely N-dealkylation sites (tertiary alicyclic amines) is 1. The van der Waals surface area contributed by atoms with Gasteiger partial charge in [0.2, 0.25) is 17.7 Å². The first kappa shape index (κ1) is 23.5. The molecule has 3 aromatic carbocycles. The summed E-state index contributed by atoms with van der Waals surface area (Å²) >= 11 is 0. The number of benzene rings is 3. The van der Waals surface area contributed by atoms with E-state index >= 15 is 0 Å². The highest BCUT2D eigenvalue weighted by atomic mass is 16.5. The molecule has 7 rings (SSSR count). The average Bonchev–Trinajstić information content (AvgIpc) is 3.19. The van der Waals surface area contributed by atoms with Gasteiger partial charge < -0.3 is 10.1 Å². The highest BCUT2D eigenvalue weighted by Crippen LogP contribution is 2.61. The maximum absolute atomic E-state index is 14.1. The molecule has 4 aliphatic rings. The van der Waals surface area contributed by atoms with Crippen molar-refractivity contribution in [3.8, 4) is 5.75 Å². The van der Waals surface area contributed by atoms with Gasteiger partial charge in [0, 0.05) is 17.5 Å². The van der Waals surface area contributed by atoms with Crippen LogP contribution in [0.2, 0.25) is 0 Å². The first-order chi connectivity index (χ1) is 18.0. The van der Waals surface area contributed by atoms with E-state index in [1.165, 1.54) is 4.90 Å². The van der Waals surface area contributed by atoms with E-state index in [9.17, 15) is 14.4 Å². The fourth-order valence-corrected chi connectivity index (χ4v) is 6.68. The largest absolute Gasteiger partial charge is 0.497 e. The van der Waals surface area contributed by atoms with Gasteiger partial charge in [0.25, 0.3) is 0 Å². The number of amides is 3. The number of carbonyl (C=O) groups is 3. The lowest BCUT2D eigenvalue weighted by Gasteiger charge is -2.45. The molecule has 6 nitrogen and oxygen atoms in total. The van der Waals surface area contributed by atoms with Crippen LogP contribution < -0.4 is 10.1 Å². The summed E-state index contributed by atoms with van der Waals surface area (Å²) in [7, 11) is 1.59. The molecule has 1 saturated heterocycles. The Morgan fingerprint density at radius 3 is 1.76 bits per heavy atom. The van der Waals surface area contributed by atoms with E-state index in [1.807, 2.05) is 31.2 Å². The highest BCUT2D eigenvalue weighted by molar-refractivity contribution is 6.11. The summed E-state index contributed by atoms with van der Waals surface area (Å²) in [6.45, 7) is 2.04. The molecule has 3 aromatic rings. The number of ether oxygens (including phenoxy) is 1. The first-order valence-corrected chi connectivity index (χ1v) is 13.0. The Balaban J connectivity index is 1.37. The normalized spacial score (nSPS) is 23.8. The minimum atomic E-state index is -0.849. The van der Waals surface area contributed by atoms with E-state index in [0.717, 1.165) is 35.1 Å². The van der Waals surface area contributed by atoms with E-state index in [0.29, 0.717) is 17.9 Å². The van der Waals surface area contributed by atoms with E-state index < -0.39 is 17.9 Å². The Morgan fingerprint density at radius 1 is 0.838 bits per heavy atom. The second-order valence-electron chi connectivity index (χ2n) is 10.2. The van der Waals surface area contributed by atoms with Crippen molar-refractivity contribution in [3.63, 3.8) is 0 Å². The smallest absolute Gasteiger partial charge is 0.247 e. The molecule has 3 unspecified atom stereocenters. The number of carbonyl (C=O) groups excluding carboxylic acids is 3. The van der Waals surface area contributed by atoms with Crippen LogP contribution in [-0.2, 0) is 14.4 Å². The third-order valence-corrected chi connectivity index (χ3v) is 8.29. The van der Waals surface area contributed by atoms with Crippen molar-refractivity contribution in [2.75, 3.05) is 12.4 Å². The quantitative estimate of drug-likeness (QED) is 0.465. The molecule has 188 valence electrons. The first-order valence-electron chi connectivity index (χ1n) is 13.0. The van der Waals surface area contributed by atoms with Crippen LogP contribution in [0.3, 0.4) is 0 Å². The summed E-state index contributed by atoms with van der Waals surface area (Å²) in [5.41, 5.74) is 5.11. The summed E-state index contributed by atoms with van der Waals surface area (Å²) in [6.07, 6.45) is 2.03. The molecule has 0 radical (unpaired) electrons. The van der Waals surface area contributed by atoms with Crippen molar-refractivity contribution in [3.05, 3.63) is 95.1 Å². The van der Waals surface area contributed by atoms with Crippen molar-refractivity contribution < 1.29 is 19.1 Å². The lowest BCUT2D eigenvalue weighted by molar-refractivity contribution is -0.147. The fourth-order valence-electron chi connectivity index (χ4n) is 6.68. The second kappa shape index (κ2) is 9.18. The van der Waals surface area contributed by atoms with Gasteiger partial charge in [-0.15, -0.1) is 0 Å². The van der Waals surface area contributed by atoms with Crippen LogP contribution in [0, 0.1) is 11.8 Å². The summed E-state index contributed by atoms with van der Waals surface area (Å²) in [6, 6.07) is 22.6. The number of methoxy groups -OCH3 is 1. The van der Waals surface area contributed by atoms with Gasteiger partial charge in [0.05, 0.1) is 18.9 Å². The third kappa shape index (κ3) is 3.57. The molecule has 1 aliphatic heterocycles. The van der Waals surface area contributed by atoms with Gasteiger partial charge in [-0.05, 0) is 52.9 Å². The van der Waals surface area contributed by atoms with Gasteiger partial charge in [-0.25, -0.2) is 0 Å². The van der Waals surface area contributed by atoms with Crippen LogP contribution in [0.5, 0.6) is 5.75 Å². The Morgan fingerprint density at radius 2 is 1.32 bits per heavy atom. The van der Waals surface area contributed by atoms with Crippen LogP contribution in [0.25, 0.3) is 0 Å². The SMILES string of the molecule is CCCCC(C(=O)Nc1ccc(OC)cc1)N1C(=O)C2C3c4ccccc4C(c4ccccc43)C2C1=O. The Bertz CT molecular complexity index is 1270. The summed E-state index contributed by atoms with van der Waals surface area (Å²) < 4.78 is 5.21. The average molecular weight is 495 g/mol. The van der Waals surface area contributed by atoms with Crippen LogP contribution in [0.1, 0.15) is 60.3 Å². The molecule has 2 bridgehead atoms. The van der Waals surface area contributed by atoms with Crippen molar-refractivity contribution in [2.45, 2.75) is 44.1 Å². The molecule has 1 heterocycles. The van der Waals surface area contributed by atoms with Gasteiger partial charge in [0.1, 0.15) is 11.8 Å². The molecule has 1 fully saturated rings. The van der Waals surface area contributed by atoms with Crippen LogP contribution in [0.15, 0.2) is 72.8 Å². The number of nitrogens with zero attached hydrogens (tertiary/aromatic N) is 1. The molecule has 1 N–H and O–H groups in total. The van der Waals surface area contributed by atoms with E-state index in [-0.39, 0.29) is 29.6 Å². The van der Waals surface area contributed by atoms with Crippen molar-refractivity contribution in [1.29, 1.82) is 0 Å². The molecular weight excluding hydrogens is 464 g/mol. The molecule has 0 saturated carbocycles. The number of hydrogen-bond donors (Lipinski definition) is 1. The number of hydrogen-bond acceptors (Lipinski definition) is 4. The van der Waals surface area contributed by atoms with Gasteiger partial charge in [-0.3, -0.25) is 19.3 Å². The Labute approximate surface area is 216 Å². The summed E-state index contributed by atoms with van der Waals surface area (Å²) in [5.74, 6) is -1.42. The standard InChI is InChI=1S/C31H30N2O4/c1-3-4-13-24(29(34)32-18-14-16-19(37-2)17-15-18)33-30(35)27-25-20-9-5-6-10-21(20)26(28(27)31(33)36)23-12-8-7-11-22(23)25/h5-12,14-17,24-28H,3-4,13H2,1-2H3,(H,32,34). The predicted octanol–water partition coefficient (Wildman–Crippen LogP) is 5.08. The van der Waals surface area contributed by atoms with E-state index in [1.54, 1.807) is 31.4 Å². The zero-order chi connectivity index (χ0) is 25.7. The Kier molecular flexibility index (Phi) is 5.82. The minimum Gasteiger partial charge on any atom is -0.497 e. The number of anilines is 1. The summed E-state index contributed by atoms with van der Waals surface area (Å²) in [4.78, 5) is 43.1. The molecule has 37 heavy (non-hydrogen) atoms. The second-order valence-corrected chi connectivity index (χ2v) is 10.2. The van der Waals surface area contributed by atoms with Crippen molar-refractivity contribution >= 4 is 23.4 Å². The molecule has 3 amide bonds. The third-order valence-electron chi connectivity index (χ3n) is 8.29. The van der Waals surface area contributed by atoms with Crippen LogP contribution in [-0.4, -0.2) is 35.8 Å². The van der Waals surface area contributed by atoms with Crippen LogP contribution >= 0.6 is 0 Å². The lowest BCUT2D eigenvalue weighted by atomic mass is 9.55. The number of unbranched alkanes of at least 4 members (excludes halogenated alkanes) is 1. The minimum absolute atomic E-state index is 0.180. The monoisotopic (exact) mass is 494 g/mol. The van der Waals surface area contributed by atoms with Crippen molar-refractivity contribution in [2.24, 2.45) is 11.8 Å². The lowest BCUT2D eigenvalue weighted by Crippen LogP contribution is -2.48. The summed E-state index contributed by atoms with van der Waals surface area (Å²) in [5, 5.41) is 2.93. The number of rotatable bonds is 7. The number of imide groups is 1. The van der Waals surface area contributed by atoms with Crippen molar-refractivity contribution in [1.82, 2.24) is 4.90 Å². The van der Waals surface area contributed by atoms with Crippen LogP contribution in [0.4, 0.5) is 5.69 Å². The molecule has 6 heteroatoms.